The first-order chi connectivity index (χ1) is 16.6. The third-order valence-corrected chi connectivity index (χ3v) is 6.11. The minimum absolute atomic E-state index is 0. The Hall–Kier alpha value is -2.63. The van der Waals surface area contributed by atoms with Crippen molar-refractivity contribution in [1.82, 2.24) is 4.90 Å². The smallest absolute Gasteiger partial charge is 0.497 e. The van der Waals surface area contributed by atoms with Crippen molar-refractivity contribution in [2.75, 3.05) is 12.0 Å². The Bertz CT molecular complexity index is 1030. The van der Waals surface area contributed by atoms with Crippen LogP contribution < -0.4 is 9.64 Å². The number of ether oxygens (including phenoxy) is 1. The fourth-order valence-electron chi connectivity index (χ4n) is 4.45. The number of rotatable bonds is 4. The quantitative estimate of drug-likeness (QED) is 0.362. The van der Waals surface area contributed by atoms with Crippen molar-refractivity contribution in [3.8, 4) is 5.75 Å². The topological polar surface area (TPSA) is 66.9 Å². The van der Waals surface area contributed by atoms with Gasteiger partial charge in [-0.05, 0) is 94.2 Å². The van der Waals surface area contributed by atoms with E-state index in [4.69, 9.17) is 4.74 Å². The summed E-state index contributed by atoms with van der Waals surface area (Å²) < 4.78 is 5.19. The van der Waals surface area contributed by atoms with Gasteiger partial charge in [0.2, 0.25) is 0 Å². The Labute approximate surface area is 217 Å². The summed E-state index contributed by atoms with van der Waals surface area (Å²) in [5, 5.41) is 0. The fourth-order valence-corrected chi connectivity index (χ4v) is 4.45. The molecule has 6 rings (SSSR count). The number of benzene rings is 2. The molecule has 6 nitrogen and oxygen atoms in total. The molecular formula is C28H22FeN2O4+2. The van der Waals surface area contributed by atoms with Crippen LogP contribution in [0.5, 0.6) is 5.75 Å². The van der Waals surface area contributed by atoms with E-state index in [1.165, 1.54) is 0 Å². The largest absolute Gasteiger partial charge is 2.00 e. The van der Waals surface area contributed by atoms with Crippen molar-refractivity contribution < 1.29 is 36.2 Å². The number of imide groups is 1. The van der Waals surface area contributed by atoms with Crippen molar-refractivity contribution in [1.29, 1.82) is 0 Å². The molecule has 2 heterocycles. The van der Waals surface area contributed by atoms with Gasteiger partial charge in [0.05, 0.1) is 24.3 Å². The van der Waals surface area contributed by atoms with Gasteiger partial charge in [0.15, 0.2) is 0 Å². The van der Waals surface area contributed by atoms with E-state index >= 15 is 0 Å². The van der Waals surface area contributed by atoms with Gasteiger partial charge >= 0.3 is 17.1 Å². The standard InChI is InChI=1S/C23H17N2O4.C5H5.Fe/c1-29-16-12-10-15(11-13-16)24-19(14-6-2-3-7-14)20(23(24)28)25-21(26)17-8-4-5-9-18(17)22(25)27;1-2-4-5-3-1;/h2-13,19-20H,1H3;1-5H;/q;;+2/t19-,20+;;/m0../s1. The molecule has 174 valence electrons. The molecule has 3 amide bonds. The summed E-state index contributed by atoms with van der Waals surface area (Å²) in [4.78, 5) is 41.8. The van der Waals surface area contributed by atoms with E-state index in [0.717, 1.165) is 10.8 Å². The van der Waals surface area contributed by atoms with Crippen molar-refractivity contribution in [2.24, 2.45) is 0 Å². The summed E-state index contributed by atoms with van der Waals surface area (Å²) in [5.41, 5.74) is 1.37. The Balaban J connectivity index is 0.000000431. The molecule has 2 saturated carbocycles. The summed E-state index contributed by atoms with van der Waals surface area (Å²) in [7, 11) is 1.58. The number of nitrogens with zero attached hydrogens (tertiary/aromatic N) is 2. The van der Waals surface area contributed by atoms with Crippen molar-refractivity contribution >= 4 is 23.4 Å². The van der Waals surface area contributed by atoms with Crippen LogP contribution in [-0.4, -0.2) is 41.8 Å². The zero-order valence-electron chi connectivity index (χ0n) is 18.9. The SMILES string of the molecule is COc1ccc(N2C(=O)[C@H](N3C(=O)c4ccccc4C3=O)[C@@H]2[C]2[CH][CH][CH][CH]2)cc1.[CH]1[CH][CH][CH][CH]1.[Fe+2]. The van der Waals surface area contributed by atoms with Crippen LogP contribution >= 0.6 is 0 Å². The molecule has 35 heavy (non-hydrogen) atoms. The van der Waals surface area contributed by atoms with E-state index < -0.39 is 23.9 Å². The predicted molar refractivity (Wildman–Crippen MR) is 127 cm³/mol. The molecule has 0 aromatic heterocycles. The van der Waals surface area contributed by atoms with E-state index in [9.17, 15) is 14.4 Å². The molecule has 0 bridgehead atoms. The van der Waals surface area contributed by atoms with E-state index in [0.29, 0.717) is 22.6 Å². The van der Waals surface area contributed by atoms with Crippen LogP contribution in [0.4, 0.5) is 5.69 Å². The zero-order chi connectivity index (χ0) is 23.7. The van der Waals surface area contributed by atoms with Crippen LogP contribution in [0.3, 0.4) is 0 Å². The van der Waals surface area contributed by atoms with Gasteiger partial charge in [0.25, 0.3) is 17.7 Å². The van der Waals surface area contributed by atoms with Gasteiger partial charge in [0.1, 0.15) is 11.8 Å². The first-order valence-corrected chi connectivity index (χ1v) is 10.9. The van der Waals surface area contributed by atoms with E-state index in [-0.39, 0.29) is 23.0 Å². The second-order valence-electron chi connectivity index (χ2n) is 8.00. The number of carbonyl (C=O) groups is 3. The van der Waals surface area contributed by atoms with Gasteiger partial charge in [0, 0.05) is 11.6 Å². The minimum Gasteiger partial charge on any atom is -0.497 e. The van der Waals surface area contributed by atoms with Crippen molar-refractivity contribution in [3.63, 3.8) is 0 Å². The average molecular weight is 506 g/mol. The van der Waals surface area contributed by atoms with E-state index in [1.54, 1.807) is 60.5 Å². The molecule has 2 atom stereocenters. The maximum atomic E-state index is 13.2. The second kappa shape index (κ2) is 11.0. The van der Waals surface area contributed by atoms with Crippen molar-refractivity contribution in [3.05, 3.63) is 123 Å². The number of methoxy groups -OCH3 is 1. The average Bonchev–Trinajstić information content (AvgIpc) is 3.65. The first kappa shape index (κ1) is 25.5. The van der Waals surface area contributed by atoms with Crippen LogP contribution in [-0.2, 0) is 21.9 Å². The molecule has 2 aromatic rings. The number of hydrogen-bond donors (Lipinski definition) is 0. The Morgan fingerprint density at radius 2 is 1.17 bits per heavy atom. The maximum absolute atomic E-state index is 13.2. The Morgan fingerprint density at radius 3 is 1.66 bits per heavy atom. The molecule has 4 aliphatic rings. The third kappa shape index (κ3) is 4.64. The third-order valence-electron chi connectivity index (χ3n) is 6.11. The molecule has 0 unspecified atom stereocenters. The fraction of sp³-hybridized carbons (Fsp3) is 0.107. The van der Waals surface area contributed by atoms with Gasteiger partial charge in [-0.3, -0.25) is 19.3 Å². The number of anilines is 1. The molecule has 10 radical (unpaired) electrons. The summed E-state index contributed by atoms with van der Waals surface area (Å²) >= 11 is 0. The summed E-state index contributed by atoms with van der Waals surface area (Å²) in [6.45, 7) is 0. The predicted octanol–water partition coefficient (Wildman–Crippen LogP) is 3.50. The second-order valence-corrected chi connectivity index (χ2v) is 8.00. The summed E-state index contributed by atoms with van der Waals surface area (Å²) in [5.74, 6) is 0.436. The van der Waals surface area contributed by atoms with Gasteiger partial charge < -0.3 is 9.64 Å². The summed E-state index contributed by atoms with van der Waals surface area (Å²) in [6, 6.07) is 12.5. The van der Waals surface area contributed by atoms with Crippen LogP contribution in [0.2, 0.25) is 0 Å². The number of β-lactam (4-membered cyclic amide) rings is 1. The van der Waals surface area contributed by atoms with Gasteiger partial charge in [-0.15, -0.1) is 0 Å². The van der Waals surface area contributed by atoms with Crippen LogP contribution in [0.15, 0.2) is 48.5 Å². The number of carbonyl (C=O) groups excluding carboxylic acids is 3. The minimum atomic E-state index is -0.869. The molecule has 0 spiro atoms. The Morgan fingerprint density at radius 1 is 0.657 bits per heavy atom. The van der Waals surface area contributed by atoms with Crippen LogP contribution in [0.1, 0.15) is 20.7 Å². The molecule has 7 heteroatoms. The van der Waals surface area contributed by atoms with Gasteiger partial charge in [-0.1, -0.05) is 12.1 Å². The molecule has 2 aromatic carbocycles. The number of hydrogen-bond acceptors (Lipinski definition) is 4. The Kier molecular flexibility index (Phi) is 7.98. The molecule has 1 saturated heterocycles. The van der Waals surface area contributed by atoms with Crippen LogP contribution in [0, 0.1) is 63.7 Å². The monoisotopic (exact) mass is 506 g/mol. The molecular weight excluding hydrogens is 484 g/mol. The van der Waals surface area contributed by atoms with E-state index in [2.05, 4.69) is 0 Å². The van der Waals surface area contributed by atoms with Crippen LogP contribution in [0.25, 0.3) is 0 Å². The normalized spacial score (nSPS) is 23.4. The molecule has 2 aliphatic carbocycles. The van der Waals surface area contributed by atoms with Gasteiger partial charge in [-0.25, -0.2) is 0 Å². The zero-order valence-corrected chi connectivity index (χ0v) is 20.0. The molecule has 3 fully saturated rings. The number of fused-ring (bicyclic) bond motifs is 1. The maximum Gasteiger partial charge on any atom is 2.00 e. The molecule has 0 N–H and O–H groups in total. The number of amides is 3. The summed E-state index contributed by atoms with van der Waals surface area (Å²) in [6.07, 6.45) is 17.6. The first-order valence-electron chi connectivity index (χ1n) is 10.9. The molecule has 2 aliphatic heterocycles. The van der Waals surface area contributed by atoms with Crippen molar-refractivity contribution in [2.45, 2.75) is 12.1 Å². The van der Waals surface area contributed by atoms with E-state index in [1.807, 2.05) is 57.8 Å². The van der Waals surface area contributed by atoms with Gasteiger partial charge in [-0.2, -0.15) is 0 Å².